The first-order valence-electron chi connectivity index (χ1n) is 6.10. The second kappa shape index (κ2) is 6.05. The highest BCUT2D eigenvalue weighted by atomic mass is 19.4. The van der Waals surface area contributed by atoms with Crippen LogP contribution in [0.5, 0.6) is 5.75 Å². The molecule has 0 amide bonds. The second-order valence-electron chi connectivity index (χ2n) is 4.41. The minimum Gasteiger partial charge on any atom is -0.486 e. The van der Waals surface area contributed by atoms with Crippen molar-refractivity contribution in [2.75, 3.05) is 0 Å². The van der Waals surface area contributed by atoms with Crippen LogP contribution >= 0.6 is 0 Å². The van der Waals surface area contributed by atoms with E-state index in [1.807, 2.05) is 0 Å². The molecule has 2 aromatic rings. The van der Waals surface area contributed by atoms with E-state index in [1.165, 1.54) is 0 Å². The SMILES string of the molecule is O=C(O)c1cc(C(F)(F)F)cc(OCc2ccccc2)c1F. The first kappa shape index (κ1) is 15.8. The van der Waals surface area contributed by atoms with Crippen molar-refractivity contribution >= 4 is 5.97 Å². The Bertz CT molecular complexity index is 681. The summed E-state index contributed by atoms with van der Waals surface area (Å²) in [4.78, 5) is 10.9. The van der Waals surface area contributed by atoms with Crippen molar-refractivity contribution in [3.8, 4) is 5.75 Å². The van der Waals surface area contributed by atoms with Gasteiger partial charge < -0.3 is 9.84 Å². The van der Waals surface area contributed by atoms with Crippen LogP contribution in [-0.2, 0) is 12.8 Å². The van der Waals surface area contributed by atoms with E-state index in [-0.39, 0.29) is 12.7 Å². The molecule has 3 nitrogen and oxygen atoms in total. The van der Waals surface area contributed by atoms with Gasteiger partial charge in [-0.2, -0.15) is 13.2 Å². The van der Waals surface area contributed by atoms with Crippen molar-refractivity contribution in [3.63, 3.8) is 0 Å². The third-order valence-corrected chi connectivity index (χ3v) is 2.83. The van der Waals surface area contributed by atoms with E-state index in [1.54, 1.807) is 30.3 Å². The molecule has 0 aliphatic rings. The van der Waals surface area contributed by atoms with Crippen LogP contribution in [-0.4, -0.2) is 11.1 Å². The van der Waals surface area contributed by atoms with Crippen LogP contribution in [0, 0.1) is 5.82 Å². The average molecular weight is 314 g/mol. The Kier molecular flexibility index (Phi) is 4.35. The minimum absolute atomic E-state index is 0.182. The molecule has 0 bridgehead atoms. The van der Waals surface area contributed by atoms with Crippen LogP contribution in [0.15, 0.2) is 42.5 Å². The summed E-state index contributed by atoms with van der Waals surface area (Å²) in [7, 11) is 0. The normalized spacial score (nSPS) is 11.3. The zero-order valence-corrected chi connectivity index (χ0v) is 11.0. The lowest BCUT2D eigenvalue weighted by atomic mass is 10.1. The first-order valence-corrected chi connectivity index (χ1v) is 6.10. The number of aromatic carboxylic acids is 1. The van der Waals surface area contributed by atoms with E-state index in [4.69, 9.17) is 9.84 Å². The molecule has 0 saturated heterocycles. The number of rotatable bonds is 4. The van der Waals surface area contributed by atoms with Gasteiger partial charge in [0.05, 0.1) is 11.1 Å². The molecular weight excluding hydrogens is 304 g/mol. The Morgan fingerprint density at radius 3 is 2.32 bits per heavy atom. The Morgan fingerprint density at radius 1 is 1.14 bits per heavy atom. The van der Waals surface area contributed by atoms with E-state index in [9.17, 15) is 22.4 Å². The smallest absolute Gasteiger partial charge is 0.416 e. The van der Waals surface area contributed by atoms with Crippen LogP contribution in [0.3, 0.4) is 0 Å². The van der Waals surface area contributed by atoms with Gasteiger partial charge in [0.25, 0.3) is 0 Å². The fourth-order valence-corrected chi connectivity index (χ4v) is 1.76. The summed E-state index contributed by atoms with van der Waals surface area (Å²) < 4.78 is 57.1. The molecule has 0 aliphatic carbocycles. The van der Waals surface area contributed by atoms with Crippen molar-refractivity contribution in [2.45, 2.75) is 12.8 Å². The number of halogens is 4. The largest absolute Gasteiger partial charge is 0.486 e. The first-order chi connectivity index (χ1) is 10.3. The molecule has 0 unspecified atom stereocenters. The maximum absolute atomic E-state index is 13.9. The fraction of sp³-hybridized carbons (Fsp3) is 0.133. The lowest BCUT2D eigenvalue weighted by molar-refractivity contribution is -0.137. The highest BCUT2D eigenvalue weighted by molar-refractivity contribution is 5.88. The van der Waals surface area contributed by atoms with Crippen LogP contribution in [0.2, 0.25) is 0 Å². The molecule has 2 rings (SSSR count). The van der Waals surface area contributed by atoms with Crippen LogP contribution in [0.1, 0.15) is 21.5 Å². The van der Waals surface area contributed by atoms with E-state index in [0.29, 0.717) is 11.6 Å². The lowest BCUT2D eigenvalue weighted by Gasteiger charge is -2.13. The van der Waals surface area contributed by atoms with Crippen molar-refractivity contribution in [1.29, 1.82) is 0 Å². The Labute approximate surface area is 122 Å². The number of ether oxygens (including phenoxy) is 1. The van der Waals surface area contributed by atoms with Gasteiger partial charge in [-0.05, 0) is 17.7 Å². The topological polar surface area (TPSA) is 46.5 Å². The zero-order valence-electron chi connectivity index (χ0n) is 11.0. The van der Waals surface area contributed by atoms with E-state index in [0.717, 1.165) is 0 Å². The molecule has 0 aromatic heterocycles. The van der Waals surface area contributed by atoms with Crippen molar-refractivity contribution in [3.05, 3.63) is 65.0 Å². The van der Waals surface area contributed by atoms with Crippen molar-refractivity contribution in [1.82, 2.24) is 0 Å². The predicted molar refractivity (Wildman–Crippen MR) is 69.1 cm³/mol. The summed E-state index contributed by atoms with van der Waals surface area (Å²) >= 11 is 0. The molecular formula is C15H10F4O3. The molecule has 0 heterocycles. The highest BCUT2D eigenvalue weighted by Gasteiger charge is 2.33. The van der Waals surface area contributed by atoms with Gasteiger partial charge in [-0.1, -0.05) is 30.3 Å². The molecule has 1 N–H and O–H groups in total. The molecule has 0 fully saturated rings. The van der Waals surface area contributed by atoms with Gasteiger partial charge in [-0.15, -0.1) is 0 Å². The van der Waals surface area contributed by atoms with Crippen molar-refractivity contribution < 1.29 is 32.2 Å². The third-order valence-electron chi connectivity index (χ3n) is 2.83. The summed E-state index contributed by atoms with van der Waals surface area (Å²) in [6, 6.07) is 9.08. The van der Waals surface area contributed by atoms with Crippen LogP contribution in [0.4, 0.5) is 17.6 Å². The van der Waals surface area contributed by atoms with Gasteiger partial charge in [0.2, 0.25) is 0 Å². The fourth-order valence-electron chi connectivity index (χ4n) is 1.76. The number of hydrogen-bond acceptors (Lipinski definition) is 2. The van der Waals surface area contributed by atoms with Gasteiger partial charge >= 0.3 is 12.1 Å². The van der Waals surface area contributed by atoms with Crippen LogP contribution < -0.4 is 4.74 Å². The Hall–Kier alpha value is -2.57. The number of carboxylic acids is 1. The summed E-state index contributed by atoms with van der Waals surface area (Å²) in [5.41, 5.74) is -1.76. The predicted octanol–water partition coefficient (Wildman–Crippen LogP) is 4.12. The van der Waals surface area contributed by atoms with Gasteiger partial charge in [-0.25, -0.2) is 9.18 Å². The molecule has 0 aliphatic heterocycles. The number of hydrogen-bond donors (Lipinski definition) is 1. The summed E-state index contributed by atoms with van der Waals surface area (Å²) in [6.07, 6.45) is -4.80. The summed E-state index contributed by atoms with van der Waals surface area (Å²) in [6.45, 7) is -0.182. The highest BCUT2D eigenvalue weighted by Crippen LogP contribution is 2.34. The quantitative estimate of drug-likeness (QED) is 0.864. The molecule has 116 valence electrons. The second-order valence-corrected chi connectivity index (χ2v) is 4.41. The van der Waals surface area contributed by atoms with Gasteiger partial charge in [0, 0.05) is 0 Å². The number of carbonyl (C=O) groups is 1. The molecule has 0 radical (unpaired) electrons. The number of carboxylic acid groups (broad SMARTS) is 1. The van der Waals surface area contributed by atoms with E-state index in [2.05, 4.69) is 0 Å². The zero-order chi connectivity index (χ0) is 16.3. The summed E-state index contributed by atoms with van der Waals surface area (Å²) in [5.74, 6) is -3.89. The Morgan fingerprint density at radius 2 is 1.77 bits per heavy atom. The molecule has 7 heteroatoms. The molecule has 2 aromatic carbocycles. The summed E-state index contributed by atoms with van der Waals surface area (Å²) in [5, 5.41) is 8.80. The molecule has 0 atom stereocenters. The monoisotopic (exact) mass is 314 g/mol. The molecule has 22 heavy (non-hydrogen) atoms. The number of alkyl halides is 3. The maximum atomic E-state index is 13.9. The maximum Gasteiger partial charge on any atom is 0.416 e. The van der Waals surface area contributed by atoms with Crippen LogP contribution in [0.25, 0.3) is 0 Å². The Balaban J connectivity index is 2.37. The van der Waals surface area contributed by atoms with E-state index >= 15 is 0 Å². The third kappa shape index (κ3) is 3.55. The van der Waals surface area contributed by atoms with Gasteiger partial charge in [0.1, 0.15) is 6.61 Å². The van der Waals surface area contributed by atoms with Crippen molar-refractivity contribution in [2.24, 2.45) is 0 Å². The molecule has 0 saturated carbocycles. The lowest BCUT2D eigenvalue weighted by Crippen LogP contribution is -2.11. The van der Waals surface area contributed by atoms with Gasteiger partial charge in [-0.3, -0.25) is 0 Å². The van der Waals surface area contributed by atoms with Gasteiger partial charge in [0.15, 0.2) is 11.6 Å². The minimum atomic E-state index is -4.80. The molecule has 0 spiro atoms. The number of benzene rings is 2. The standard InChI is InChI=1S/C15H10F4O3/c16-13-11(14(20)21)6-10(15(17,18)19)7-12(13)22-8-9-4-2-1-3-5-9/h1-7H,8H2,(H,20,21). The average Bonchev–Trinajstić information content (AvgIpc) is 2.45. The van der Waals surface area contributed by atoms with E-state index < -0.39 is 34.8 Å².